The highest BCUT2D eigenvalue weighted by Gasteiger charge is 2.17. The van der Waals surface area contributed by atoms with Crippen LogP contribution in [0.2, 0.25) is 5.02 Å². The maximum atomic E-state index is 6.03. The average Bonchev–Trinajstić information content (AvgIpc) is 2.87. The van der Waals surface area contributed by atoms with E-state index in [1.54, 1.807) is 17.7 Å². The zero-order valence-electron chi connectivity index (χ0n) is 13.5. The number of hydrogen-bond donors (Lipinski definition) is 1. The fourth-order valence-corrected chi connectivity index (χ4v) is 4.49. The van der Waals surface area contributed by atoms with Crippen LogP contribution in [0.15, 0.2) is 36.0 Å². The van der Waals surface area contributed by atoms with Crippen molar-refractivity contribution in [2.24, 2.45) is 0 Å². The van der Waals surface area contributed by atoms with Crippen LogP contribution >= 0.6 is 22.9 Å². The van der Waals surface area contributed by atoms with Gasteiger partial charge in [0.15, 0.2) is 0 Å². The number of rotatable bonds is 3. The molecular formula is C19H20ClN3S. The molecule has 0 radical (unpaired) electrons. The Kier molecular flexibility index (Phi) is 4.67. The number of halogens is 1. The lowest BCUT2D eigenvalue weighted by Crippen LogP contribution is -2.19. The summed E-state index contributed by atoms with van der Waals surface area (Å²) in [5.41, 5.74) is 2.34. The van der Waals surface area contributed by atoms with Crippen LogP contribution in [0.3, 0.4) is 0 Å². The number of anilines is 1. The summed E-state index contributed by atoms with van der Waals surface area (Å²) >= 11 is 7.70. The van der Waals surface area contributed by atoms with Crippen molar-refractivity contribution in [3.05, 3.63) is 41.0 Å². The number of aromatic nitrogens is 2. The predicted molar refractivity (Wildman–Crippen MR) is 103 cm³/mol. The number of nitrogens with one attached hydrogen (secondary N) is 1. The van der Waals surface area contributed by atoms with Gasteiger partial charge in [0.05, 0.1) is 5.39 Å². The summed E-state index contributed by atoms with van der Waals surface area (Å²) in [5.74, 6) is 0.970. The van der Waals surface area contributed by atoms with E-state index in [0.717, 1.165) is 26.6 Å². The summed E-state index contributed by atoms with van der Waals surface area (Å²) in [5, 5.41) is 7.76. The second kappa shape index (κ2) is 7.08. The molecule has 1 aliphatic carbocycles. The van der Waals surface area contributed by atoms with Crippen molar-refractivity contribution in [3.8, 4) is 11.1 Å². The quantitative estimate of drug-likeness (QED) is 0.571. The van der Waals surface area contributed by atoms with E-state index in [4.69, 9.17) is 11.6 Å². The molecule has 1 N–H and O–H groups in total. The van der Waals surface area contributed by atoms with Crippen LogP contribution in [0.5, 0.6) is 0 Å². The molecule has 0 amide bonds. The second-order valence-corrected chi connectivity index (χ2v) is 7.69. The highest BCUT2D eigenvalue weighted by atomic mass is 35.5. The Morgan fingerprint density at radius 1 is 1.00 bits per heavy atom. The van der Waals surface area contributed by atoms with Crippen molar-refractivity contribution in [2.75, 3.05) is 5.32 Å². The lowest BCUT2D eigenvalue weighted by atomic mass is 10.1. The van der Waals surface area contributed by atoms with Gasteiger partial charge in [-0.05, 0) is 30.5 Å². The summed E-state index contributed by atoms with van der Waals surface area (Å²) in [7, 11) is 0. The lowest BCUT2D eigenvalue weighted by Gasteiger charge is -2.17. The normalized spacial score (nSPS) is 16.2. The largest absolute Gasteiger partial charge is 0.367 e. The van der Waals surface area contributed by atoms with Gasteiger partial charge >= 0.3 is 0 Å². The van der Waals surface area contributed by atoms with E-state index in [2.05, 4.69) is 32.8 Å². The Morgan fingerprint density at radius 3 is 2.50 bits per heavy atom. The smallest absolute Gasteiger partial charge is 0.139 e. The monoisotopic (exact) mass is 357 g/mol. The topological polar surface area (TPSA) is 37.8 Å². The number of fused-ring (bicyclic) bond motifs is 1. The Morgan fingerprint density at radius 2 is 1.75 bits per heavy atom. The Balaban J connectivity index is 1.72. The summed E-state index contributed by atoms with van der Waals surface area (Å²) < 4.78 is 0. The molecule has 1 fully saturated rings. The number of nitrogens with zero attached hydrogens (tertiary/aromatic N) is 2. The van der Waals surface area contributed by atoms with Crippen LogP contribution in [0.1, 0.15) is 38.5 Å². The van der Waals surface area contributed by atoms with Gasteiger partial charge in [-0.1, -0.05) is 49.4 Å². The zero-order valence-corrected chi connectivity index (χ0v) is 15.0. The molecule has 4 rings (SSSR count). The van der Waals surface area contributed by atoms with Crippen LogP contribution in [-0.4, -0.2) is 16.0 Å². The van der Waals surface area contributed by atoms with E-state index in [9.17, 15) is 0 Å². The van der Waals surface area contributed by atoms with Gasteiger partial charge in [-0.15, -0.1) is 11.3 Å². The third kappa shape index (κ3) is 3.26. The minimum atomic E-state index is 0.517. The average molecular weight is 358 g/mol. The number of benzene rings is 1. The molecule has 1 saturated carbocycles. The SMILES string of the molecule is Clc1ccc(-c2csc3ncnc(NC4CCCCCC4)c23)cc1. The summed E-state index contributed by atoms with van der Waals surface area (Å²) in [6.45, 7) is 0. The highest BCUT2D eigenvalue weighted by molar-refractivity contribution is 7.17. The first kappa shape index (κ1) is 15.9. The summed E-state index contributed by atoms with van der Waals surface area (Å²) in [6.07, 6.45) is 9.44. The molecule has 0 saturated heterocycles. The van der Waals surface area contributed by atoms with Gasteiger partial charge in [-0.3, -0.25) is 0 Å². The Hall–Kier alpha value is -1.65. The van der Waals surface area contributed by atoms with Crippen molar-refractivity contribution >= 4 is 39.0 Å². The minimum absolute atomic E-state index is 0.517. The molecule has 0 spiro atoms. The van der Waals surface area contributed by atoms with E-state index in [1.807, 2.05) is 12.1 Å². The summed E-state index contributed by atoms with van der Waals surface area (Å²) in [4.78, 5) is 10.1. The van der Waals surface area contributed by atoms with E-state index in [1.165, 1.54) is 44.1 Å². The first-order chi connectivity index (χ1) is 11.8. The Bertz CT molecular complexity index is 820. The highest BCUT2D eigenvalue weighted by Crippen LogP contribution is 2.37. The van der Waals surface area contributed by atoms with Crippen LogP contribution in [-0.2, 0) is 0 Å². The van der Waals surface area contributed by atoms with E-state index in [0.29, 0.717) is 6.04 Å². The molecule has 0 bridgehead atoms. The minimum Gasteiger partial charge on any atom is -0.367 e. The zero-order chi connectivity index (χ0) is 16.4. The molecule has 2 aromatic heterocycles. The lowest BCUT2D eigenvalue weighted by molar-refractivity contribution is 0.618. The van der Waals surface area contributed by atoms with Crippen molar-refractivity contribution in [1.82, 2.24) is 9.97 Å². The van der Waals surface area contributed by atoms with Crippen LogP contribution < -0.4 is 5.32 Å². The maximum absolute atomic E-state index is 6.03. The van der Waals surface area contributed by atoms with Gasteiger partial charge in [0.25, 0.3) is 0 Å². The predicted octanol–water partition coefficient (Wildman–Crippen LogP) is 6.15. The first-order valence-electron chi connectivity index (χ1n) is 8.56. The maximum Gasteiger partial charge on any atom is 0.139 e. The molecule has 3 nitrogen and oxygen atoms in total. The molecule has 3 aromatic rings. The van der Waals surface area contributed by atoms with E-state index < -0.39 is 0 Å². The van der Waals surface area contributed by atoms with Crippen molar-refractivity contribution < 1.29 is 0 Å². The van der Waals surface area contributed by atoms with Crippen LogP contribution in [0.25, 0.3) is 21.3 Å². The van der Waals surface area contributed by atoms with Crippen molar-refractivity contribution in [1.29, 1.82) is 0 Å². The fraction of sp³-hybridized carbons (Fsp3) is 0.368. The standard InChI is InChI=1S/C19H20ClN3S/c20-14-9-7-13(8-10-14)16-11-24-19-17(16)18(21-12-22-19)23-15-5-3-1-2-4-6-15/h7-12,15H,1-6H2,(H,21,22,23). The molecule has 5 heteroatoms. The van der Waals surface area contributed by atoms with Crippen LogP contribution in [0, 0.1) is 0 Å². The van der Waals surface area contributed by atoms with E-state index in [-0.39, 0.29) is 0 Å². The van der Waals surface area contributed by atoms with Crippen molar-refractivity contribution in [3.63, 3.8) is 0 Å². The van der Waals surface area contributed by atoms with Gasteiger partial charge in [0.1, 0.15) is 17.0 Å². The number of thiophene rings is 1. The van der Waals surface area contributed by atoms with Gasteiger partial charge in [0, 0.05) is 22.0 Å². The third-order valence-corrected chi connectivity index (χ3v) is 5.86. The van der Waals surface area contributed by atoms with Gasteiger partial charge < -0.3 is 5.32 Å². The fourth-order valence-electron chi connectivity index (χ4n) is 3.44. The summed E-state index contributed by atoms with van der Waals surface area (Å²) in [6, 6.07) is 8.51. The molecule has 1 aliphatic rings. The second-order valence-electron chi connectivity index (χ2n) is 6.39. The van der Waals surface area contributed by atoms with Gasteiger partial charge in [-0.25, -0.2) is 9.97 Å². The molecule has 124 valence electrons. The van der Waals surface area contributed by atoms with E-state index >= 15 is 0 Å². The molecule has 0 aliphatic heterocycles. The molecule has 1 aromatic carbocycles. The molecule has 0 atom stereocenters. The third-order valence-electron chi connectivity index (χ3n) is 4.72. The van der Waals surface area contributed by atoms with Crippen molar-refractivity contribution in [2.45, 2.75) is 44.6 Å². The number of hydrogen-bond acceptors (Lipinski definition) is 4. The Labute approximate surface area is 151 Å². The molecule has 0 unspecified atom stereocenters. The van der Waals surface area contributed by atoms with Crippen LogP contribution in [0.4, 0.5) is 5.82 Å². The van der Waals surface area contributed by atoms with Gasteiger partial charge in [0.2, 0.25) is 0 Å². The molecule has 2 heterocycles. The first-order valence-corrected chi connectivity index (χ1v) is 9.82. The molecule has 24 heavy (non-hydrogen) atoms. The van der Waals surface area contributed by atoms with Gasteiger partial charge in [-0.2, -0.15) is 0 Å². The molecular weight excluding hydrogens is 338 g/mol.